The molecule has 33 heavy (non-hydrogen) atoms. The lowest BCUT2D eigenvalue weighted by Crippen LogP contribution is -2.35. The lowest BCUT2D eigenvalue weighted by Gasteiger charge is -2.23. The summed E-state index contributed by atoms with van der Waals surface area (Å²) in [7, 11) is 4.44. The van der Waals surface area contributed by atoms with Crippen molar-refractivity contribution in [1.29, 1.82) is 0 Å². The molecule has 0 bridgehead atoms. The van der Waals surface area contributed by atoms with Crippen molar-refractivity contribution in [3.8, 4) is 17.2 Å². The Labute approximate surface area is 189 Å². The Kier molecular flexibility index (Phi) is 7.26. The van der Waals surface area contributed by atoms with E-state index in [-0.39, 0.29) is 11.7 Å². The first kappa shape index (κ1) is 24.5. The van der Waals surface area contributed by atoms with E-state index in [1.165, 1.54) is 40.4 Å². The van der Waals surface area contributed by atoms with Crippen LogP contribution in [0.2, 0.25) is 0 Å². The molecule has 0 unspecified atom stereocenters. The van der Waals surface area contributed by atoms with Gasteiger partial charge in [0.05, 0.1) is 27.4 Å². The van der Waals surface area contributed by atoms with E-state index >= 15 is 0 Å². The molecule has 1 amide bonds. The summed E-state index contributed by atoms with van der Waals surface area (Å²) < 4.78 is 59.5. The number of halogens is 3. The number of carbonyl (C=O) groups excluding carboxylic acids is 1. The standard InChI is InChI=1S/C23H26F3NO6/c1-12(28)27-16-7-5-13-9-19(30-2)21(31-3)22(32-4)20(13)14-6-8-18(17(29)10-15(14)16)33-11-23(24,25)26/h6,8-10,16-17,29H,5,7,11H2,1-4H3,(H,27,28)/t16-,17-/m0/s1. The van der Waals surface area contributed by atoms with Gasteiger partial charge in [0.1, 0.15) is 11.9 Å². The van der Waals surface area contributed by atoms with E-state index in [9.17, 15) is 23.1 Å². The van der Waals surface area contributed by atoms with E-state index in [0.717, 1.165) is 5.56 Å². The van der Waals surface area contributed by atoms with Crippen molar-refractivity contribution < 1.29 is 42.0 Å². The van der Waals surface area contributed by atoms with Crippen LogP contribution in [0.25, 0.3) is 5.57 Å². The lowest BCUT2D eigenvalue weighted by molar-refractivity contribution is -0.167. The third-order valence-corrected chi connectivity index (χ3v) is 5.39. The first-order valence-electron chi connectivity index (χ1n) is 10.2. The molecule has 7 nitrogen and oxygen atoms in total. The zero-order valence-electron chi connectivity index (χ0n) is 18.7. The molecular weight excluding hydrogens is 443 g/mol. The van der Waals surface area contributed by atoms with Crippen LogP contribution in [0.15, 0.2) is 35.6 Å². The van der Waals surface area contributed by atoms with Gasteiger partial charge in [-0.2, -0.15) is 13.2 Å². The van der Waals surface area contributed by atoms with Crippen LogP contribution >= 0.6 is 0 Å². The van der Waals surface area contributed by atoms with Crippen molar-refractivity contribution in [1.82, 2.24) is 5.32 Å². The minimum absolute atomic E-state index is 0.261. The van der Waals surface area contributed by atoms with Gasteiger partial charge in [-0.05, 0) is 47.8 Å². The number of allylic oxidation sites excluding steroid dienone is 2. The predicted octanol–water partition coefficient (Wildman–Crippen LogP) is 3.31. The third kappa shape index (κ3) is 5.27. The normalized spacial score (nSPS) is 20.1. The van der Waals surface area contributed by atoms with Crippen LogP contribution < -0.4 is 19.5 Å². The molecule has 0 saturated heterocycles. The van der Waals surface area contributed by atoms with E-state index in [4.69, 9.17) is 18.9 Å². The number of rotatable bonds is 6. The number of hydrogen-bond donors (Lipinski definition) is 2. The number of aliphatic hydroxyl groups excluding tert-OH is 1. The van der Waals surface area contributed by atoms with Crippen molar-refractivity contribution in [2.45, 2.75) is 38.1 Å². The van der Waals surface area contributed by atoms with E-state index in [0.29, 0.717) is 46.8 Å². The van der Waals surface area contributed by atoms with E-state index in [1.54, 1.807) is 12.1 Å². The number of methoxy groups -OCH3 is 3. The maximum Gasteiger partial charge on any atom is 0.422 e. The second-order valence-corrected chi connectivity index (χ2v) is 7.59. The van der Waals surface area contributed by atoms with E-state index in [1.807, 2.05) is 0 Å². The first-order valence-corrected chi connectivity index (χ1v) is 10.2. The van der Waals surface area contributed by atoms with Gasteiger partial charge in [0, 0.05) is 12.5 Å². The van der Waals surface area contributed by atoms with E-state index in [2.05, 4.69) is 5.32 Å². The minimum Gasteiger partial charge on any atom is -0.493 e. The number of nitrogens with one attached hydrogen (secondary N) is 1. The molecule has 3 rings (SSSR count). The van der Waals surface area contributed by atoms with Gasteiger partial charge in [-0.25, -0.2) is 0 Å². The van der Waals surface area contributed by atoms with Gasteiger partial charge in [0.2, 0.25) is 11.7 Å². The van der Waals surface area contributed by atoms with Crippen LogP contribution in [0, 0.1) is 0 Å². The molecule has 1 aromatic rings. The lowest BCUT2D eigenvalue weighted by atomic mass is 9.91. The molecule has 10 heteroatoms. The van der Waals surface area contributed by atoms with Crippen LogP contribution in [0.4, 0.5) is 13.2 Å². The molecular formula is C23H26F3NO6. The Morgan fingerprint density at radius 1 is 1.15 bits per heavy atom. The topological polar surface area (TPSA) is 86.2 Å². The predicted molar refractivity (Wildman–Crippen MR) is 114 cm³/mol. The Morgan fingerprint density at radius 2 is 1.85 bits per heavy atom. The first-order chi connectivity index (χ1) is 15.6. The maximum absolute atomic E-state index is 12.7. The number of hydrogen-bond acceptors (Lipinski definition) is 6. The number of carbonyl (C=O) groups is 1. The molecule has 0 aromatic heterocycles. The summed E-state index contributed by atoms with van der Waals surface area (Å²) in [6.07, 6.45) is -0.752. The molecule has 0 fully saturated rings. The largest absolute Gasteiger partial charge is 0.493 e. The van der Waals surface area contributed by atoms with Crippen molar-refractivity contribution in [2.24, 2.45) is 0 Å². The summed E-state index contributed by atoms with van der Waals surface area (Å²) in [4.78, 5) is 11.9. The van der Waals surface area contributed by atoms with Gasteiger partial charge < -0.3 is 29.4 Å². The fourth-order valence-electron chi connectivity index (χ4n) is 4.08. The monoisotopic (exact) mass is 469 g/mol. The molecule has 0 heterocycles. The van der Waals surface area contributed by atoms with Crippen molar-refractivity contribution in [3.05, 3.63) is 46.8 Å². The average Bonchev–Trinajstić information content (AvgIpc) is 2.99. The Hall–Kier alpha value is -3.14. The number of aryl methyl sites for hydroxylation is 1. The second kappa shape index (κ2) is 9.78. The van der Waals surface area contributed by atoms with Crippen molar-refractivity contribution in [3.63, 3.8) is 0 Å². The number of alkyl halides is 3. The highest BCUT2D eigenvalue weighted by atomic mass is 19.4. The molecule has 2 aliphatic rings. The highest BCUT2D eigenvalue weighted by Gasteiger charge is 2.34. The molecule has 0 spiro atoms. The Morgan fingerprint density at radius 3 is 2.42 bits per heavy atom. The smallest absolute Gasteiger partial charge is 0.422 e. The molecule has 0 aliphatic heterocycles. The number of fused-ring (bicyclic) bond motifs is 3. The number of aliphatic hydroxyl groups is 1. The zero-order chi connectivity index (χ0) is 24.3. The van der Waals surface area contributed by atoms with Gasteiger partial charge in [-0.3, -0.25) is 4.79 Å². The Bertz CT molecular complexity index is 1010. The van der Waals surface area contributed by atoms with Crippen molar-refractivity contribution in [2.75, 3.05) is 27.9 Å². The summed E-state index contributed by atoms with van der Waals surface area (Å²) in [6.45, 7) is -0.167. The number of ether oxygens (including phenoxy) is 4. The minimum atomic E-state index is -4.56. The quantitative estimate of drug-likeness (QED) is 0.665. The number of amides is 1. The average molecular weight is 469 g/mol. The SMILES string of the molecule is COc1cc2c(c(OC)c1OC)C1=CC=C(OCC(F)(F)F)[C@@H](O)C=C1[C@@H](NC(C)=O)CC2. The number of benzene rings is 1. The van der Waals surface area contributed by atoms with Gasteiger partial charge in [0.15, 0.2) is 18.1 Å². The van der Waals surface area contributed by atoms with Gasteiger partial charge in [0.25, 0.3) is 0 Å². The van der Waals surface area contributed by atoms with Crippen molar-refractivity contribution >= 4 is 11.5 Å². The van der Waals surface area contributed by atoms with Gasteiger partial charge in [-0.15, -0.1) is 0 Å². The molecule has 0 saturated carbocycles. The van der Waals surface area contributed by atoms with Crippen LogP contribution in [-0.4, -0.2) is 57.3 Å². The van der Waals surface area contributed by atoms with Crippen LogP contribution in [0.1, 0.15) is 24.5 Å². The van der Waals surface area contributed by atoms with Crippen LogP contribution in [0.3, 0.4) is 0 Å². The van der Waals surface area contributed by atoms with Gasteiger partial charge in [-0.1, -0.05) is 6.08 Å². The Balaban J connectivity index is 2.22. The zero-order valence-corrected chi connectivity index (χ0v) is 18.7. The maximum atomic E-state index is 12.7. The summed E-state index contributed by atoms with van der Waals surface area (Å²) in [5, 5.41) is 13.5. The fraction of sp³-hybridized carbons (Fsp3) is 0.435. The summed E-state index contributed by atoms with van der Waals surface area (Å²) in [5.74, 6) is 0.626. The fourth-order valence-corrected chi connectivity index (χ4v) is 4.08. The van der Waals surface area contributed by atoms with Crippen LogP contribution in [0.5, 0.6) is 17.2 Å². The molecule has 2 aliphatic carbocycles. The molecule has 1 aromatic carbocycles. The summed E-state index contributed by atoms with van der Waals surface area (Å²) in [5.41, 5.74) is 2.55. The second-order valence-electron chi connectivity index (χ2n) is 7.59. The molecule has 2 atom stereocenters. The van der Waals surface area contributed by atoms with E-state index < -0.39 is 24.9 Å². The molecule has 2 N–H and O–H groups in total. The third-order valence-electron chi connectivity index (χ3n) is 5.39. The highest BCUT2D eigenvalue weighted by molar-refractivity contribution is 5.90. The summed E-state index contributed by atoms with van der Waals surface area (Å²) >= 11 is 0. The van der Waals surface area contributed by atoms with Crippen LogP contribution in [-0.2, 0) is 16.0 Å². The summed E-state index contributed by atoms with van der Waals surface area (Å²) in [6, 6.07) is 1.30. The molecule has 180 valence electrons. The highest BCUT2D eigenvalue weighted by Crippen LogP contribution is 2.49. The van der Waals surface area contributed by atoms with Gasteiger partial charge >= 0.3 is 6.18 Å². The molecule has 0 radical (unpaired) electrons.